The molecule has 0 amide bonds. The normalized spacial score (nSPS) is 25.6. The number of likely N-dealkylation sites (tertiary alicyclic amines) is 1. The first-order chi connectivity index (χ1) is 12.7. The molecule has 2 fully saturated rings. The Labute approximate surface area is 160 Å². The van der Waals surface area contributed by atoms with Crippen molar-refractivity contribution in [3.05, 3.63) is 34.2 Å². The topological polar surface area (TPSA) is 49.7 Å². The van der Waals surface area contributed by atoms with Gasteiger partial charge in [0.25, 0.3) is 5.56 Å². The number of nitrogens with zero attached hydrogens (tertiary/aromatic N) is 3. The first kappa shape index (κ1) is 17.9. The van der Waals surface area contributed by atoms with Crippen molar-refractivity contribution in [3.63, 3.8) is 0 Å². The molecule has 0 aromatic carbocycles. The van der Waals surface area contributed by atoms with Crippen LogP contribution in [0.1, 0.15) is 24.5 Å². The molecule has 2 atom stereocenters. The highest BCUT2D eigenvalue weighted by molar-refractivity contribution is 7.80. The predicted octanol–water partition coefficient (Wildman–Crippen LogP) is 0.864. The molecular formula is C19H28N4O2S. The van der Waals surface area contributed by atoms with Gasteiger partial charge in [-0.3, -0.25) is 9.69 Å². The molecule has 1 aromatic heterocycles. The predicted molar refractivity (Wildman–Crippen MR) is 106 cm³/mol. The van der Waals surface area contributed by atoms with Gasteiger partial charge < -0.3 is 19.5 Å². The lowest BCUT2D eigenvalue weighted by Crippen LogP contribution is -2.52. The maximum absolute atomic E-state index is 12.1. The summed E-state index contributed by atoms with van der Waals surface area (Å²) in [5.41, 5.74) is 1.31. The molecule has 2 unspecified atom stereocenters. The third-order valence-electron chi connectivity index (χ3n) is 5.80. The van der Waals surface area contributed by atoms with Gasteiger partial charge in [-0.2, -0.15) is 0 Å². The number of morpholine rings is 1. The van der Waals surface area contributed by atoms with Crippen LogP contribution in [0.4, 0.5) is 0 Å². The molecule has 7 heteroatoms. The Bertz CT molecular complexity index is 701. The maximum atomic E-state index is 12.1. The average molecular weight is 377 g/mol. The van der Waals surface area contributed by atoms with Crippen molar-refractivity contribution in [2.45, 2.75) is 25.3 Å². The van der Waals surface area contributed by atoms with Crippen LogP contribution in [-0.2, 0) is 11.3 Å². The van der Waals surface area contributed by atoms with Gasteiger partial charge in [-0.25, -0.2) is 0 Å². The summed E-state index contributed by atoms with van der Waals surface area (Å²) in [4.78, 5) is 16.9. The van der Waals surface area contributed by atoms with Crippen molar-refractivity contribution < 1.29 is 4.74 Å². The first-order valence-corrected chi connectivity index (χ1v) is 10.1. The zero-order chi connectivity index (χ0) is 17.9. The van der Waals surface area contributed by atoms with Crippen LogP contribution >= 0.6 is 12.2 Å². The number of thiocarbonyl (C=S) groups is 1. The monoisotopic (exact) mass is 376 g/mol. The molecule has 6 nitrogen and oxygen atoms in total. The van der Waals surface area contributed by atoms with Crippen LogP contribution in [0, 0.1) is 5.92 Å². The molecule has 4 rings (SSSR count). The largest absolute Gasteiger partial charge is 0.379 e. The van der Waals surface area contributed by atoms with Gasteiger partial charge in [-0.15, -0.1) is 0 Å². The lowest BCUT2D eigenvalue weighted by Gasteiger charge is -2.43. The third-order valence-corrected chi connectivity index (χ3v) is 6.20. The zero-order valence-electron chi connectivity index (χ0n) is 15.2. The second kappa shape index (κ2) is 8.06. The fraction of sp³-hybridized carbons (Fsp3) is 0.684. The number of piperidine rings is 1. The van der Waals surface area contributed by atoms with Crippen molar-refractivity contribution in [1.82, 2.24) is 19.7 Å². The van der Waals surface area contributed by atoms with Gasteiger partial charge >= 0.3 is 0 Å². The summed E-state index contributed by atoms with van der Waals surface area (Å²) in [7, 11) is 0. The van der Waals surface area contributed by atoms with E-state index < -0.39 is 0 Å². The van der Waals surface area contributed by atoms with Gasteiger partial charge in [0.2, 0.25) is 0 Å². The van der Waals surface area contributed by atoms with Crippen molar-refractivity contribution in [2.24, 2.45) is 5.92 Å². The van der Waals surface area contributed by atoms with Crippen LogP contribution in [0.5, 0.6) is 0 Å². The van der Waals surface area contributed by atoms with Gasteiger partial charge in [0.05, 0.1) is 13.2 Å². The van der Waals surface area contributed by atoms with E-state index in [2.05, 4.69) is 21.2 Å². The van der Waals surface area contributed by atoms with Gasteiger partial charge in [0.15, 0.2) is 5.11 Å². The Hall–Kier alpha value is -1.44. The van der Waals surface area contributed by atoms with E-state index in [4.69, 9.17) is 17.0 Å². The second-order valence-electron chi connectivity index (χ2n) is 7.64. The van der Waals surface area contributed by atoms with Crippen LogP contribution in [0.25, 0.3) is 0 Å². The highest BCUT2D eigenvalue weighted by Crippen LogP contribution is 2.34. The summed E-state index contributed by atoms with van der Waals surface area (Å²) < 4.78 is 7.35. The number of fused-ring (bicyclic) bond motifs is 4. The van der Waals surface area contributed by atoms with E-state index >= 15 is 0 Å². The van der Waals surface area contributed by atoms with Crippen LogP contribution < -0.4 is 10.9 Å². The van der Waals surface area contributed by atoms with E-state index in [9.17, 15) is 4.79 Å². The fourth-order valence-corrected chi connectivity index (χ4v) is 4.75. The molecule has 0 aliphatic carbocycles. The van der Waals surface area contributed by atoms with Crippen LogP contribution in [0.15, 0.2) is 23.0 Å². The maximum Gasteiger partial charge on any atom is 0.250 e. The van der Waals surface area contributed by atoms with Crippen LogP contribution in [0.2, 0.25) is 0 Å². The van der Waals surface area contributed by atoms with Crippen molar-refractivity contribution in [2.75, 3.05) is 52.5 Å². The second-order valence-corrected chi connectivity index (χ2v) is 8.03. The number of nitrogens with one attached hydrogen (secondary N) is 1. The molecule has 1 aromatic rings. The molecular weight excluding hydrogens is 348 g/mol. The standard InChI is InChI=1S/C19H28N4O2S/c24-18-4-1-3-17-16-11-15(13-23(17)18)12-22(14-16)19(26)20-5-2-6-21-7-9-25-10-8-21/h1,3-4,15-16H,2,5-14H2,(H,20,26). The number of hydrogen-bond acceptors (Lipinski definition) is 4. The molecule has 3 aliphatic heterocycles. The molecule has 2 bridgehead atoms. The van der Waals surface area contributed by atoms with Gasteiger partial charge in [0, 0.05) is 56.9 Å². The smallest absolute Gasteiger partial charge is 0.250 e. The van der Waals surface area contributed by atoms with Crippen LogP contribution in [0.3, 0.4) is 0 Å². The van der Waals surface area contributed by atoms with Gasteiger partial charge in [-0.05, 0) is 43.6 Å². The SMILES string of the molecule is O=c1cccc2n1CC1CC2CN(C(=S)NCCCN2CCOCC2)C1. The number of rotatable bonds is 4. The van der Waals surface area contributed by atoms with Gasteiger partial charge in [0.1, 0.15) is 0 Å². The summed E-state index contributed by atoms with van der Waals surface area (Å²) in [5, 5.41) is 4.32. The molecule has 142 valence electrons. The zero-order valence-corrected chi connectivity index (χ0v) is 16.0. The molecule has 4 heterocycles. The molecule has 3 aliphatic rings. The molecule has 0 radical (unpaired) electrons. The molecule has 26 heavy (non-hydrogen) atoms. The lowest BCUT2D eigenvalue weighted by molar-refractivity contribution is 0.0375. The Kier molecular flexibility index (Phi) is 5.57. The van der Waals surface area contributed by atoms with Crippen molar-refractivity contribution >= 4 is 17.3 Å². The quantitative estimate of drug-likeness (QED) is 0.622. The van der Waals surface area contributed by atoms with Crippen molar-refractivity contribution in [3.8, 4) is 0 Å². The number of hydrogen-bond donors (Lipinski definition) is 1. The van der Waals surface area contributed by atoms with E-state index in [1.165, 1.54) is 12.1 Å². The Morgan fingerprint density at radius 2 is 2.08 bits per heavy atom. The van der Waals surface area contributed by atoms with E-state index in [0.717, 1.165) is 70.6 Å². The number of aromatic nitrogens is 1. The highest BCUT2D eigenvalue weighted by Gasteiger charge is 2.35. The van der Waals surface area contributed by atoms with E-state index in [-0.39, 0.29) is 5.56 Å². The van der Waals surface area contributed by atoms with E-state index in [1.54, 1.807) is 6.07 Å². The molecule has 2 saturated heterocycles. The summed E-state index contributed by atoms with van der Waals surface area (Å²) in [6.45, 7) is 8.49. The summed E-state index contributed by atoms with van der Waals surface area (Å²) in [5.74, 6) is 0.916. The van der Waals surface area contributed by atoms with E-state index in [0.29, 0.717) is 11.8 Å². The molecule has 1 N–H and O–H groups in total. The third kappa shape index (κ3) is 3.94. The first-order valence-electron chi connectivity index (χ1n) is 9.73. The Morgan fingerprint density at radius 1 is 1.23 bits per heavy atom. The number of ether oxygens (including phenoxy) is 1. The number of pyridine rings is 1. The summed E-state index contributed by atoms with van der Waals surface area (Å²) in [6.07, 6.45) is 2.26. The summed E-state index contributed by atoms with van der Waals surface area (Å²) in [6, 6.07) is 5.66. The van der Waals surface area contributed by atoms with Gasteiger partial charge in [-0.1, -0.05) is 6.07 Å². The molecule has 0 spiro atoms. The summed E-state index contributed by atoms with van der Waals surface area (Å²) >= 11 is 5.66. The minimum absolute atomic E-state index is 0.134. The molecule has 0 saturated carbocycles. The average Bonchev–Trinajstić information content (AvgIpc) is 2.67. The Balaban J connectivity index is 1.28. The Morgan fingerprint density at radius 3 is 2.92 bits per heavy atom. The lowest BCUT2D eigenvalue weighted by atomic mass is 9.83. The minimum atomic E-state index is 0.134. The van der Waals surface area contributed by atoms with Crippen LogP contribution in [-0.4, -0.2) is 72.0 Å². The van der Waals surface area contributed by atoms with E-state index in [1.807, 2.05) is 10.6 Å². The highest BCUT2D eigenvalue weighted by atomic mass is 32.1. The minimum Gasteiger partial charge on any atom is -0.379 e. The van der Waals surface area contributed by atoms with Crippen molar-refractivity contribution in [1.29, 1.82) is 0 Å². The fourth-order valence-electron chi connectivity index (χ4n) is 4.50.